The average molecular weight is 262 g/mol. The van der Waals surface area contributed by atoms with Crippen LogP contribution in [0.15, 0.2) is 18.2 Å². The fraction of sp³-hybridized carbons (Fsp3) is 0.533. The van der Waals surface area contributed by atoms with Gasteiger partial charge in [-0.2, -0.15) is 0 Å². The maximum Gasteiger partial charge on any atom is 0.253 e. The molecule has 2 rings (SSSR count). The zero-order valence-electron chi connectivity index (χ0n) is 11.9. The predicted octanol–water partition coefficient (Wildman–Crippen LogP) is 1.27. The van der Waals surface area contributed by atoms with Crippen molar-refractivity contribution in [2.75, 3.05) is 27.2 Å². The average Bonchev–Trinajstić information content (AvgIpc) is 2.39. The van der Waals surface area contributed by atoms with Crippen LogP contribution in [-0.4, -0.2) is 43.1 Å². The molecule has 0 radical (unpaired) electrons. The number of hydrogen-bond acceptors (Lipinski definition) is 3. The Morgan fingerprint density at radius 3 is 2.53 bits per heavy atom. The first kappa shape index (κ1) is 14.0. The fourth-order valence-corrected chi connectivity index (χ4v) is 2.51. The van der Waals surface area contributed by atoms with Crippen LogP contribution in [0.2, 0.25) is 0 Å². The van der Waals surface area contributed by atoms with E-state index in [0.717, 1.165) is 24.2 Å². The van der Waals surface area contributed by atoms with Crippen LogP contribution in [0.3, 0.4) is 0 Å². The van der Waals surface area contributed by atoms with E-state index in [-0.39, 0.29) is 5.91 Å². The second-order valence-electron chi connectivity index (χ2n) is 5.51. The highest BCUT2D eigenvalue weighted by molar-refractivity contribution is 5.95. The Bertz CT molecular complexity index is 477. The molecule has 4 nitrogen and oxygen atoms in total. The second kappa shape index (κ2) is 5.31. The summed E-state index contributed by atoms with van der Waals surface area (Å²) in [6, 6.07) is 5.71. The summed E-state index contributed by atoms with van der Waals surface area (Å²) in [5.41, 5.74) is 1.67. The van der Waals surface area contributed by atoms with Crippen molar-refractivity contribution in [2.24, 2.45) is 0 Å². The molecule has 104 valence electrons. The van der Waals surface area contributed by atoms with Gasteiger partial charge < -0.3 is 15.3 Å². The van der Waals surface area contributed by atoms with Crippen molar-refractivity contribution in [3.63, 3.8) is 0 Å². The van der Waals surface area contributed by atoms with Crippen LogP contribution < -0.4 is 5.32 Å². The Labute approximate surface area is 114 Å². The van der Waals surface area contributed by atoms with Crippen LogP contribution in [0.4, 0.5) is 0 Å². The zero-order valence-corrected chi connectivity index (χ0v) is 11.9. The van der Waals surface area contributed by atoms with Gasteiger partial charge in [0, 0.05) is 19.7 Å². The zero-order chi connectivity index (χ0) is 14.0. The van der Waals surface area contributed by atoms with Crippen molar-refractivity contribution in [3.8, 4) is 0 Å². The number of hydrogen-bond donors (Lipinski definition) is 2. The Morgan fingerprint density at radius 2 is 1.95 bits per heavy atom. The number of piperidine rings is 1. The van der Waals surface area contributed by atoms with Crippen molar-refractivity contribution in [2.45, 2.75) is 25.4 Å². The van der Waals surface area contributed by atoms with E-state index in [1.807, 2.05) is 25.1 Å². The monoisotopic (exact) mass is 262 g/mol. The van der Waals surface area contributed by atoms with Gasteiger partial charge in [0.05, 0.1) is 5.60 Å². The Hall–Kier alpha value is -1.39. The molecule has 0 saturated carbocycles. The Balaban J connectivity index is 2.38. The maximum atomic E-state index is 12.1. The minimum absolute atomic E-state index is 0.0168. The molecule has 0 bridgehead atoms. The fourth-order valence-electron chi connectivity index (χ4n) is 2.51. The van der Waals surface area contributed by atoms with Gasteiger partial charge in [0.2, 0.25) is 0 Å². The van der Waals surface area contributed by atoms with Gasteiger partial charge in [0.15, 0.2) is 0 Å². The summed E-state index contributed by atoms with van der Waals surface area (Å²) in [5.74, 6) is -0.0168. The molecule has 2 N–H and O–H groups in total. The van der Waals surface area contributed by atoms with Crippen LogP contribution in [0.25, 0.3) is 0 Å². The number of carbonyl (C=O) groups is 1. The van der Waals surface area contributed by atoms with Gasteiger partial charge in [-0.1, -0.05) is 12.1 Å². The van der Waals surface area contributed by atoms with E-state index in [2.05, 4.69) is 5.32 Å². The van der Waals surface area contributed by atoms with Crippen molar-refractivity contribution < 1.29 is 9.90 Å². The lowest BCUT2D eigenvalue weighted by molar-refractivity contribution is 0.00588. The number of rotatable bonds is 2. The summed E-state index contributed by atoms with van der Waals surface area (Å²) in [5, 5.41) is 14.0. The minimum atomic E-state index is -0.805. The topological polar surface area (TPSA) is 52.6 Å². The van der Waals surface area contributed by atoms with Crippen molar-refractivity contribution >= 4 is 5.91 Å². The molecule has 4 heteroatoms. The summed E-state index contributed by atoms with van der Waals surface area (Å²) in [6.45, 7) is 3.54. The predicted molar refractivity (Wildman–Crippen MR) is 75.2 cm³/mol. The van der Waals surface area contributed by atoms with E-state index in [0.29, 0.717) is 18.4 Å². The molecule has 0 spiro atoms. The third-order valence-corrected chi connectivity index (χ3v) is 3.84. The Morgan fingerprint density at radius 1 is 1.32 bits per heavy atom. The highest BCUT2D eigenvalue weighted by Gasteiger charge is 2.31. The van der Waals surface area contributed by atoms with E-state index in [4.69, 9.17) is 0 Å². The quantitative estimate of drug-likeness (QED) is 0.844. The van der Waals surface area contributed by atoms with E-state index >= 15 is 0 Å². The van der Waals surface area contributed by atoms with Crippen LogP contribution >= 0.6 is 0 Å². The summed E-state index contributed by atoms with van der Waals surface area (Å²) in [6.07, 6.45) is 1.37. The van der Waals surface area contributed by atoms with Gasteiger partial charge in [-0.05, 0) is 50.0 Å². The van der Waals surface area contributed by atoms with Crippen LogP contribution in [0.5, 0.6) is 0 Å². The van der Waals surface area contributed by atoms with Gasteiger partial charge in [-0.25, -0.2) is 0 Å². The molecule has 0 aliphatic carbocycles. The van der Waals surface area contributed by atoms with Crippen LogP contribution in [0.1, 0.15) is 34.3 Å². The molecule has 1 saturated heterocycles. The van der Waals surface area contributed by atoms with Gasteiger partial charge in [-0.15, -0.1) is 0 Å². The molecule has 1 heterocycles. The standard InChI is InChI=1S/C15H22N2O2/c1-11-4-5-12(10-13(11)14(18)17(2)3)15(19)6-8-16-9-7-15/h4-5,10,16,19H,6-9H2,1-3H3. The third kappa shape index (κ3) is 2.80. The second-order valence-corrected chi connectivity index (χ2v) is 5.51. The summed E-state index contributed by atoms with van der Waals surface area (Å²) in [7, 11) is 3.49. The Kier molecular flexibility index (Phi) is 3.92. The normalized spacial score (nSPS) is 18.1. The summed E-state index contributed by atoms with van der Waals surface area (Å²) >= 11 is 0. The van der Waals surface area contributed by atoms with Gasteiger partial charge in [0.25, 0.3) is 5.91 Å². The molecule has 1 aromatic carbocycles. The largest absolute Gasteiger partial charge is 0.385 e. The lowest BCUT2D eigenvalue weighted by Gasteiger charge is -2.33. The maximum absolute atomic E-state index is 12.1. The van der Waals surface area contributed by atoms with E-state index in [1.54, 1.807) is 19.0 Å². The first-order valence-electron chi connectivity index (χ1n) is 6.70. The third-order valence-electron chi connectivity index (χ3n) is 3.84. The summed E-state index contributed by atoms with van der Waals surface area (Å²) in [4.78, 5) is 13.7. The molecule has 0 unspecified atom stereocenters. The smallest absolute Gasteiger partial charge is 0.253 e. The van der Waals surface area contributed by atoms with E-state index in [1.165, 1.54) is 0 Å². The molecular formula is C15H22N2O2. The van der Waals surface area contributed by atoms with E-state index < -0.39 is 5.60 Å². The molecule has 1 aromatic rings. The molecule has 1 aliphatic rings. The molecule has 0 atom stereocenters. The minimum Gasteiger partial charge on any atom is -0.385 e. The highest BCUT2D eigenvalue weighted by Crippen LogP contribution is 2.31. The lowest BCUT2D eigenvalue weighted by atomic mass is 9.83. The van der Waals surface area contributed by atoms with Crippen molar-refractivity contribution in [1.29, 1.82) is 0 Å². The number of carbonyl (C=O) groups excluding carboxylic acids is 1. The first-order chi connectivity index (χ1) is 8.94. The lowest BCUT2D eigenvalue weighted by Crippen LogP contribution is -2.39. The SMILES string of the molecule is Cc1ccc(C2(O)CCNCC2)cc1C(=O)N(C)C. The molecule has 1 aliphatic heterocycles. The first-order valence-corrected chi connectivity index (χ1v) is 6.70. The van der Waals surface area contributed by atoms with Gasteiger partial charge in [-0.3, -0.25) is 4.79 Å². The van der Waals surface area contributed by atoms with E-state index in [9.17, 15) is 9.90 Å². The number of aryl methyl sites for hydroxylation is 1. The number of nitrogens with zero attached hydrogens (tertiary/aromatic N) is 1. The summed E-state index contributed by atoms with van der Waals surface area (Å²) < 4.78 is 0. The number of amides is 1. The number of aliphatic hydroxyl groups is 1. The molecule has 1 amide bonds. The molecule has 1 fully saturated rings. The molecule has 19 heavy (non-hydrogen) atoms. The van der Waals surface area contributed by atoms with Gasteiger partial charge >= 0.3 is 0 Å². The number of benzene rings is 1. The van der Waals surface area contributed by atoms with Crippen molar-refractivity contribution in [1.82, 2.24) is 10.2 Å². The van der Waals surface area contributed by atoms with Gasteiger partial charge in [0.1, 0.15) is 0 Å². The molecule has 0 aromatic heterocycles. The number of nitrogens with one attached hydrogen (secondary N) is 1. The highest BCUT2D eigenvalue weighted by atomic mass is 16.3. The van der Waals surface area contributed by atoms with Crippen molar-refractivity contribution in [3.05, 3.63) is 34.9 Å². The molecular weight excluding hydrogens is 240 g/mol. The van der Waals surface area contributed by atoms with Crippen LogP contribution in [0, 0.1) is 6.92 Å². The van der Waals surface area contributed by atoms with Crippen LogP contribution in [-0.2, 0) is 5.60 Å².